The second-order valence-corrected chi connectivity index (χ2v) is 4.93. The second kappa shape index (κ2) is 4.49. The van der Waals surface area contributed by atoms with Gasteiger partial charge in [0.2, 0.25) is 0 Å². The summed E-state index contributed by atoms with van der Waals surface area (Å²) >= 11 is 0. The van der Waals surface area contributed by atoms with E-state index in [4.69, 9.17) is 0 Å². The molecule has 92 valence electrons. The molecule has 17 heavy (non-hydrogen) atoms. The van der Waals surface area contributed by atoms with Crippen molar-refractivity contribution in [2.75, 3.05) is 0 Å². The zero-order chi connectivity index (χ0) is 12.5. The molecule has 0 aliphatic heterocycles. The van der Waals surface area contributed by atoms with Crippen LogP contribution in [0.1, 0.15) is 37.3 Å². The van der Waals surface area contributed by atoms with Gasteiger partial charge in [0.25, 0.3) is 0 Å². The Morgan fingerprint density at radius 3 is 2.82 bits per heavy atom. The maximum absolute atomic E-state index is 11.6. The molecule has 0 heterocycles. The highest BCUT2D eigenvalue weighted by Gasteiger charge is 2.44. The monoisotopic (exact) mass is 234 g/mol. The Morgan fingerprint density at radius 1 is 1.47 bits per heavy atom. The molecule has 0 saturated carbocycles. The van der Waals surface area contributed by atoms with Gasteiger partial charge in [0.1, 0.15) is 0 Å². The van der Waals surface area contributed by atoms with E-state index >= 15 is 0 Å². The van der Waals surface area contributed by atoms with E-state index in [0.29, 0.717) is 19.3 Å². The summed E-state index contributed by atoms with van der Waals surface area (Å²) in [4.78, 5) is 11.6. The van der Waals surface area contributed by atoms with Crippen molar-refractivity contribution in [1.82, 2.24) is 0 Å². The number of aliphatic hydroxyl groups is 1. The quantitative estimate of drug-likeness (QED) is 0.839. The van der Waals surface area contributed by atoms with E-state index in [1.54, 1.807) is 6.92 Å². The SMILES string of the molecule is CC(O)CCC1(C(=O)O)CCc2ccccc21. The van der Waals surface area contributed by atoms with Gasteiger partial charge >= 0.3 is 5.97 Å². The number of aliphatic hydroxyl groups excluding tert-OH is 1. The highest BCUT2D eigenvalue weighted by molar-refractivity contribution is 5.83. The van der Waals surface area contributed by atoms with Crippen molar-refractivity contribution in [3.8, 4) is 0 Å². The smallest absolute Gasteiger partial charge is 0.314 e. The highest BCUT2D eigenvalue weighted by Crippen LogP contribution is 2.42. The van der Waals surface area contributed by atoms with Crippen LogP contribution in [0.5, 0.6) is 0 Å². The van der Waals surface area contributed by atoms with Gasteiger partial charge in [-0.3, -0.25) is 4.79 Å². The molecule has 0 fully saturated rings. The first-order chi connectivity index (χ1) is 8.06. The number of rotatable bonds is 4. The maximum Gasteiger partial charge on any atom is 0.314 e. The highest BCUT2D eigenvalue weighted by atomic mass is 16.4. The Balaban J connectivity index is 2.34. The number of hydrogen-bond donors (Lipinski definition) is 2. The van der Waals surface area contributed by atoms with E-state index in [9.17, 15) is 15.0 Å². The lowest BCUT2D eigenvalue weighted by Crippen LogP contribution is -2.34. The van der Waals surface area contributed by atoms with Crippen LogP contribution < -0.4 is 0 Å². The van der Waals surface area contributed by atoms with Gasteiger partial charge in [-0.25, -0.2) is 0 Å². The molecule has 2 unspecified atom stereocenters. The number of carbonyl (C=O) groups is 1. The Kier molecular flexibility index (Phi) is 3.20. The van der Waals surface area contributed by atoms with Gasteiger partial charge in [-0.15, -0.1) is 0 Å². The summed E-state index contributed by atoms with van der Waals surface area (Å²) in [6, 6.07) is 7.76. The van der Waals surface area contributed by atoms with Gasteiger partial charge in [-0.2, -0.15) is 0 Å². The summed E-state index contributed by atoms with van der Waals surface area (Å²) in [6.45, 7) is 1.70. The summed E-state index contributed by atoms with van der Waals surface area (Å²) in [5, 5.41) is 18.9. The van der Waals surface area contributed by atoms with Crippen LogP contribution in [0, 0.1) is 0 Å². The first-order valence-corrected chi connectivity index (χ1v) is 6.06. The first-order valence-electron chi connectivity index (χ1n) is 6.06. The van der Waals surface area contributed by atoms with Gasteiger partial charge in [-0.05, 0) is 43.7 Å². The van der Waals surface area contributed by atoms with Crippen LogP contribution in [0.3, 0.4) is 0 Å². The molecule has 0 spiro atoms. The number of aliphatic carboxylic acids is 1. The van der Waals surface area contributed by atoms with Crippen LogP contribution in [-0.2, 0) is 16.6 Å². The summed E-state index contributed by atoms with van der Waals surface area (Å²) in [5.41, 5.74) is 1.29. The van der Waals surface area contributed by atoms with E-state index in [1.807, 2.05) is 24.3 Å². The van der Waals surface area contributed by atoms with Crippen molar-refractivity contribution in [2.24, 2.45) is 0 Å². The normalized spacial score (nSPS) is 24.4. The molecule has 0 bridgehead atoms. The Bertz CT molecular complexity index is 425. The van der Waals surface area contributed by atoms with E-state index in [1.165, 1.54) is 0 Å². The Labute approximate surface area is 101 Å². The summed E-state index contributed by atoms with van der Waals surface area (Å²) < 4.78 is 0. The van der Waals surface area contributed by atoms with Gasteiger partial charge in [0, 0.05) is 0 Å². The van der Waals surface area contributed by atoms with Gasteiger partial charge in [0.05, 0.1) is 11.5 Å². The molecule has 0 radical (unpaired) electrons. The summed E-state index contributed by atoms with van der Waals surface area (Å²) in [7, 11) is 0. The van der Waals surface area contributed by atoms with Gasteiger partial charge in [0.15, 0.2) is 0 Å². The van der Waals surface area contributed by atoms with Crippen molar-refractivity contribution in [2.45, 2.75) is 44.1 Å². The van der Waals surface area contributed by atoms with E-state index in [2.05, 4.69) is 0 Å². The van der Waals surface area contributed by atoms with Crippen LogP contribution in [0.25, 0.3) is 0 Å². The van der Waals surface area contributed by atoms with Gasteiger partial charge in [-0.1, -0.05) is 24.3 Å². The number of benzene rings is 1. The molecule has 0 aromatic heterocycles. The third kappa shape index (κ3) is 2.07. The van der Waals surface area contributed by atoms with Crippen molar-refractivity contribution in [3.05, 3.63) is 35.4 Å². The predicted octanol–water partition coefficient (Wildman–Crippen LogP) is 2.12. The van der Waals surface area contributed by atoms with Crippen molar-refractivity contribution in [1.29, 1.82) is 0 Å². The van der Waals surface area contributed by atoms with E-state index < -0.39 is 17.5 Å². The molecule has 2 atom stereocenters. The zero-order valence-corrected chi connectivity index (χ0v) is 10.0. The lowest BCUT2D eigenvalue weighted by atomic mass is 9.77. The molecule has 3 nitrogen and oxygen atoms in total. The third-order valence-electron chi connectivity index (χ3n) is 3.75. The summed E-state index contributed by atoms with van der Waals surface area (Å²) in [6.07, 6.45) is 2.06. The topological polar surface area (TPSA) is 57.5 Å². The van der Waals surface area contributed by atoms with Crippen molar-refractivity contribution >= 4 is 5.97 Å². The van der Waals surface area contributed by atoms with Crippen LogP contribution in [0.2, 0.25) is 0 Å². The number of fused-ring (bicyclic) bond motifs is 1. The Morgan fingerprint density at radius 2 is 2.18 bits per heavy atom. The molecule has 3 heteroatoms. The molecule has 0 saturated heterocycles. The first kappa shape index (κ1) is 12.1. The number of hydrogen-bond acceptors (Lipinski definition) is 2. The minimum absolute atomic E-state index is 0.445. The number of aryl methyl sites for hydroxylation is 1. The largest absolute Gasteiger partial charge is 0.481 e. The van der Waals surface area contributed by atoms with Crippen LogP contribution in [-0.4, -0.2) is 22.3 Å². The lowest BCUT2D eigenvalue weighted by Gasteiger charge is -2.26. The third-order valence-corrected chi connectivity index (χ3v) is 3.75. The van der Waals surface area contributed by atoms with Crippen molar-refractivity contribution in [3.63, 3.8) is 0 Å². The zero-order valence-electron chi connectivity index (χ0n) is 10.0. The fourth-order valence-corrected chi connectivity index (χ4v) is 2.73. The predicted molar refractivity (Wildman–Crippen MR) is 65.0 cm³/mol. The molecule has 1 aliphatic rings. The molecule has 1 aliphatic carbocycles. The molecular formula is C14H18O3. The van der Waals surface area contributed by atoms with Crippen LogP contribution in [0.4, 0.5) is 0 Å². The standard InChI is InChI=1S/C14H18O3/c1-10(15)6-8-14(13(16)17)9-7-11-4-2-3-5-12(11)14/h2-5,10,15H,6-9H2,1H3,(H,16,17). The number of carboxylic acids is 1. The van der Waals surface area contributed by atoms with Crippen LogP contribution in [0.15, 0.2) is 24.3 Å². The van der Waals surface area contributed by atoms with E-state index in [-0.39, 0.29) is 0 Å². The molecule has 0 amide bonds. The molecular weight excluding hydrogens is 216 g/mol. The lowest BCUT2D eigenvalue weighted by molar-refractivity contribution is -0.144. The molecule has 1 aromatic carbocycles. The molecule has 2 rings (SSSR count). The minimum Gasteiger partial charge on any atom is -0.481 e. The fraction of sp³-hybridized carbons (Fsp3) is 0.500. The minimum atomic E-state index is -0.784. The Hall–Kier alpha value is -1.35. The van der Waals surface area contributed by atoms with Crippen LogP contribution >= 0.6 is 0 Å². The average molecular weight is 234 g/mol. The molecule has 2 N–H and O–H groups in total. The van der Waals surface area contributed by atoms with E-state index in [0.717, 1.165) is 17.5 Å². The maximum atomic E-state index is 11.6. The fourth-order valence-electron chi connectivity index (χ4n) is 2.73. The number of carboxylic acid groups (broad SMARTS) is 1. The van der Waals surface area contributed by atoms with Crippen molar-refractivity contribution < 1.29 is 15.0 Å². The second-order valence-electron chi connectivity index (χ2n) is 4.93. The summed E-state index contributed by atoms with van der Waals surface area (Å²) in [5.74, 6) is -0.761. The molecule has 1 aromatic rings. The average Bonchev–Trinajstić information content (AvgIpc) is 2.67. The van der Waals surface area contributed by atoms with Gasteiger partial charge < -0.3 is 10.2 Å².